The average Bonchev–Trinajstić information content (AvgIpc) is 2.38. The Bertz CT molecular complexity index is 572. The average molecular weight is 224 g/mol. The molecule has 1 aromatic carbocycles. The Balaban J connectivity index is 2.48. The summed E-state index contributed by atoms with van der Waals surface area (Å²) < 4.78 is 0. The molecule has 0 aliphatic carbocycles. The number of anilines is 3. The van der Waals surface area contributed by atoms with Crippen LogP contribution < -0.4 is 10.6 Å². The van der Waals surface area contributed by atoms with Crippen molar-refractivity contribution < 1.29 is 0 Å². The first-order valence-corrected chi connectivity index (χ1v) is 5.16. The van der Waals surface area contributed by atoms with Crippen molar-refractivity contribution in [2.45, 2.75) is 0 Å². The fourth-order valence-corrected chi connectivity index (χ4v) is 1.70. The van der Waals surface area contributed by atoms with Crippen molar-refractivity contribution in [3.05, 3.63) is 48.3 Å². The minimum atomic E-state index is 0.586. The maximum atomic E-state index is 9.06. The highest BCUT2D eigenvalue weighted by atomic mass is 15.1. The van der Waals surface area contributed by atoms with Crippen molar-refractivity contribution in [1.82, 2.24) is 4.98 Å². The Morgan fingerprint density at radius 1 is 1.24 bits per heavy atom. The smallest absolute Gasteiger partial charge is 0.101 e. The summed E-state index contributed by atoms with van der Waals surface area (Å²) in [6, 6.07) is 11.4. The second-order valence-corrected chi connectivity index (χ2v) is 3.62. The number of nitrogens with two attached hydrogens (primary N) is 1. The third-order valence-corrected chi connectivity index (χ3v) is 2.58. The van der Waals surface area contributed by atoms with Crippen LogP contribution in [0.15, 0.2) is 42.7 Å². The Morgan fingerprint density at radius 2 is 2.00 bits per heavy atom. The molecule has 4 heteroatoms. The van der Waals surface area contributed by atoms with Crippen LogP contribution in [0.2, 0.25) is 0 Å². The molecule has 0 saturated carbocycles. The molecule has 17 heavy (non-hydrogen) atoms. The lowest BCUT2D eigenvalue weighted by Crippen LogP contribution is -2.13. The van der Waals surface area contributed by atoms with E-state index in [1.807, 2.05) is 36.2 Å². The van der Waals surface area contributed by atoms with Gasteiger partial charge < -0.3 is 10.6 Å². The van der Waals surface area contributed by atoms with Gasteiger partial charge in [0, 0.05) is 13.2 Å². The number of para-hydroxylation sites is 1. The largest absolute Gasteiger partial charge is 0.396 e. The molecule has 2 N–H and O–H groups in total. The lowest BCUT2D eigenvalue weighted by Gasteiger charge is -2.21. The van der Waals surface area contributed by atoms with Gasteiger partial charge in [0.05, 0.1) is 28.8 Å². The third-order valence-electron chi connectivity index (χ3n) is 2.58. The zero-order valence-electron chi connectivity index (χ0n) is 9.46. The van der Waals surface area contributed by atoms with Crippen LogP contribution in [0.1, 0.15) is 5.56 Å². The molecule has 0 spiro atoms. The Hall–Kier alpha value is -2.54. The first kappa shape index (κ1) is 11.0. The van der Waals surface area contributed by atoms with Crippen molar-refractivity contribution in [3.63, 3.8) is 0 Å². The number of hydrogen-bond donors (Lipinski definition) is 1. The van der Waals surface area contributed by atoms with Crippen LogP contribution in [-0.2, 0) is 0 Å². The van der Waals surface area contributed by atoms with Crippen molar-refractivity contribution in [2.75, 3.05) is 17.7 Å². The van der Waals surface area contributed by atoms with E-state index in [-0.39, 0.29) is 0 Å². The quantitative estimate of drug-likeness (QED) is 0.850. The summed E-state index contributed by atoms with van der Waals surface area (Å²) >= 11 is 0. The van der Waals surface area contributed by atoms with Gasteiger partial charge in [0.25, 0.3) is 0 Å². The molecule has 0 atom stereocenters. The molecule has 0 aliphatic rings. The summed E-state index contributed by atoms with van der Waals surface area (Å²) in [6.45, 7) is 0. The van der Waals surface area contributed by atoms with E-state index in [1.165, 1.54) is 0 Å². The fourth-order valence-electron chi connectivity index (χ4n) is 1.70. The molecule has 0 aliphatic heterocycles. The highest BCUT2D eigenvalue weighted by Gasteiger charge is 2.10. The van der Waals surface area contributed by atoms with Crippen molar-refractivity contribution in [1.29, 1.82) is 5.26 Å². The zero-order chi connectivity index (χ0) is 12.3. The lowest BCUT2D eigenvalue weighted by atomic mass is 10.1. The van der Waals surface area contributed by atoms with Gasteiger partial charge in [-0.25, -0.2) is 0 Å². The number of nitrogen functional groups attached to an aromatic ring is 1. The molecule has 1 heterocycles. The molecule has 0 saturated heterocycles. The fraction of sp³-hybridized carbons (Fsp3) is 0.0769. The number of rotatable bonds is 2. The minimum Gasteiger partial charge on any atom is -0.396 e. The standard InChI is InChI=1S/C13H12N4/c1-17(13-6-7-16-9-11(13)15)12-5-3-2-4-10(12)8-14/h2-7,9H,15H2,1H3. The minimum absolute atomic E-state index is 0.586. The number of hydrogen-bond acceptors (Lipinski definition) is 4. The molecule has 0 amide bonds. The molecule has 0 bridgehead atoms. The molecule has 0 fully saturated rings. The molecular weight excluding hydrogens is 212 g/mol. The van der Waals surface area contributed by atoms with Crippen LogP contribution >= 0.6 is 0 Å². The van der Waals surface area contributed by atoms with Crippen LogP contribution in [0, 0.1) is 11.3 Å². The Kier molecular flexibility index (Phi) is 2.93. The van der Waals surface area contributed by atoms with Gasteiger partial charge in [-0.05, 0) is 18.2 Å². The maximum Gasteiger partial charge on any atom is 0.101 e. The van der Waals surface area contributed by atoms with Gasteiger partial charge in [-0.3, -0.25) is 4.98 Å². The van der Waals surface area contributed by atoms with Crippen LogP contribution in [0.5, 0.6) is 0 Å². The summed E-state index contributed by atoms with van der Waals surface area (Å²) in [6.07, 6.45) is 3.28. The van der Waals surface area contributed by atoms with Crippen molar-refractivity contribution >= 4 is 17.1 Å². The van der Waals surface area contributed by atoms with Crippen LogP contribution in [0.25, 0.3) is 0 Å². The molecule has 2 rings (SSSR count). The van der Waals surface area contributed by atoms with Gasteiger partial charge in [-0.2, -0.15) is 5.26 Å². The van der Waals surface area contributed by atoms with E-state index < -0.39 is 0 Å². The molecule has 0 radical (unpaired) electrons. The summed E-state index contributed by atoms with van der Waals surface area (Å²) in [4.78, 5) is 5.83. The number of benzene rings is 1. The molecular formula is C13H12N4. The Morgan fingerprint density at radius 3 is 2.71 bits per heavy atom. The van der Waals surface area contributed by atoms with Gasteiger partial charge in [0.2, 0.25) is 0 Å². The van der Waals surface area contributed by atoms with E-state index >= 15 is 0 Å². The van der Waals surface area contributed by atoms with E-state index in [1.54, 1.807) is 18.5 Å². The first-order chi connectivity index (χ1) is 8.24. The van der Waals surface area contributed by atoms with Crippen LogP contribution in [0.4, 0.5) is 17.1 Å². The number of nitriles is 1. The van der Waals surface area contributed by atoms with E-state index in [2.05, 4.69) is 11.1 Å². The lowest BCUT2D eigenvalue weighted by molar-refractivity contribution is 1.18. The highest BCUT2D eigenvalue weighted by Crippen LogP contribution is 2.29. The number of aromatic nitrogens is 1. The van der Waals surface area contributed by atoms with Gasteiger partial charge in [-0.1, -0.05) is 12.1 Å². The SMILES string of the molecule is CN(c1ccncc1N)c1ccccc1C#N. The van der Waals surface area contributed by atoms with E-state index in [0.29, 0.717) is 11.3 Å². The van der Waals surface area contributed by atoms with E-state index in [9.17, 15) is 0 Å². The normalized spacial score (nSPS) is 9.65. The van der Waals surface area contributed by atoms with Crippen molar-refractivity contribution in [2.24, 2.45) is 0 Å². The molecule has 84 valence electrons. The Labute approximate surface area is 99.9 Å². The monoisotopic (exact) mass is 224 g/mol. The molecule has 4 nitrogen and oxygen atoms in total. The van der Waals surface area contributed by atoms with E-state index in [4.69, 9.17) is 11.0 Å². The molecule has 2 aromatic rings. The third kappa shape index (κ3) is 2.04. The number of pyridine rings is 1. The predicted octanol–water partition coefficient (Wildman–Crippen LogP) is 2.30. The summed E-state index contributed by atoms with van der Waals surface area (Å²) in [7, 11) is 1.88. The topological polar surface area (TPSA) is 65.9 Å². The molecule has 1 aromatic heterocycles. The van der Waals surface area contributed by atoms with E-state index in [0.717, 1.165) is 11.4 Å². The predicted molar refractivity (Wildman–Crippen MR) is 67.9 cm³/mol. The van der Waals surface area contributed by atoms with Gasteiger partial charge in [-0.15, -0.1) is 0 Å². The summed E-state index contributed by atoms with van der Waals surface area (Å²) in [5.74, 6) is 0. The second kappa shape index (κ2) is 4.54. The summed E-state index contributed by atoms with van der Waals surface area (Å²) in [5, 5.41) is 9.06. The number of nitrogens with zero attached hydrogens (tertiary/aromatic N) is 3. The van der Waals surface area contributed by atoms with Crippen molar-refractivity contribution in [3.8, 4) is 6.07 Å². The molecule has 0 unspecified atom stereocenters. The van der Waals surface area contributed by atoms with Crippen LogP contribution in [0.3, 0.4) is 0 Å². The zero-order valence-corrected chi connectivity index (χ0v) is 9.46. The van der Waals surface area contributed by atoms with Crippen LogP contribution in [-0.4, -0.2) is 12.0 Å². The second-order valence-electron chi connectivity index (χ2n) is 3.62. The van der Waals surface area contributed by atoms with Gasteiger partial charge in [0.1, 0.15) is 6.07 Å². The maximum absolute atomic E-state index is 9.06. The van der Waals surface area contributed by atoms with Gasteiger partial charge in [0.15, 0.2) is 0 Å². The van der Waals surface area contributed by atoms with Gasteiger partial charge >= 0.3 is 0 Å². The summed E-state index contributed by atoms with van der Waals surface area (Å²) in [5.41, 5.74) is 8.73. The first-order valence-electron chi connectivity index (χ1n) is 5.16. The highest BCUT2D eigenvalue weighted by molar-refractivity contribution is 5.76.